The Morgan fingerprint density at radius 1 is 1.55 bits per heavy atom. The van der Waals surface area contributed by atoms with Gasteiger partial charge in [0.1, 0.15) is 13.4 Å². The van der Waals surface area contributed by atoms with Crippen molar-refractivity contribution in [3.63, 3.8) is 0 Å². The smallest absolute Gasteiger partial charge is 0.228 e. The van der Waals surface area contributed by atoms with Crippen molar-refractivity contribution >= 4 is 62.5 Å². The van der Waals surface area contributed by atoms with Gasteiger partial charge in [0.05, 0.1) is 6.07 Å². The molecule has 0 radical (unpaired) electrons. The third-order valence-electron chi connectivity index (χ3n) is 3.24. The minimum Gasteiger partial charge on any atom is -0.310 e. The summed E-state index contributed by atoms with van der Waals surface area (Å²) in [5, 5.41) is 9.47. The molecule has 1 atom stereocenters. The second kappa shape index (κ2) is 7.59. The monoisotopic (exact) mass is 369 g/mol. The van der Waals surface area contributed by atoms with Gasteiger partial charge in [-0.15, -0.1) is 0 Å². The van der Waals surface area contributed by atoms with Gasteiger partial charge < -0.3 is 4.57 Å². The maximum absolute atomic E-state index is 12.2. The van der Waals surface area contributed by atoms with Crippen LogP contribution < -0.4 is 0 Å². The summed E-state index contributed by atoms with van der Waals surface area (Å²) in [5.74, 6) is 0.844. The molecule has 0 aliphatic carbocycles. The van der Waals surface area contributed by atoms with Crippen molar-refractivity contribution in [3.05, 3.63) is 24.5 Å². The van der Waals surface area contributed by atoms with E-state index in [0.29, 0.717) is 28.0 Å². The second-order valence-electron chi connectivity index (χ2n) is 4.96. The lowest BCUT2D eigenvalue weighted by Crippen LogP contribution is -2.32. The highest BCUT2D eigenvalue weighted by molar-refractivity contribution is 8.24. The Morgan fingerprint density at radius 3 is 2.77 bits per heavy atom. The molecule has 2 rings (SSSR count). The third-order valence-corrected chi connectivity index (χ3v) is 6.26. The molecular weight excluding hydrogens is 354 g/mol. The van der Waals surface area contributed by atoms with Crippen molar-refractivity contribution in [1.29, 1.82) is 5.26 Å². The Bertz CT molecular complexity index is 623. The van der Waals surface area contributed by atoms with E-state index < -0.39 is 4.75 Å². The summed E-state index contributed by atoms with van der Waals surface area (Å²) in [7, 11) is 0. The van der Waals surface area contributed by atoms with Crippen LogP contribution in [0.2, 0.25) is 0 Å². The van der Waals surface area contributed by atoms with Crippen LogP contribution in [0.3, 0.4) is 0 Å². The van der Waals surface area contributed by atoms with Crippen LogP contribution in [-0.4, -0.2) is 41.1 Å². The lowest BCUT2D eigenvalue weighted by Gasteiger charge is -2.22. The standard InChI is InChI=1S/C14H15N3OS4/c1-14(10-15,22-12(19)16-6-2-3-7-16)5-4-11(18)17-8-9-21-13(17)20/h2-3,6-7H,4-5,8-9H2,1H3. The number of aromatic nitrogens is 1. The SMILES string of the molecule is CC(C#N)(CCC(=O)N1CCSC1=S)SC(=S)n1cccc1. The molecule has 0 N–H and O–H groups in total. The van der Waals surface area contributed by atoms with Gasteiger partial charge in [-0.2, -0.15) is 5.26 Å². The maximum atomic E-state index is 12.2. The number of nitriles is 1. The van der Waals surface area contributed by atoms with Gasteiger partial charge in [0.15, 0.2) is 0 Å². The molecule has 116 valence electrons. The first kappa shape index (κ1) is 17.5. The molecule has 22 heavy (non-hydrogen) atoms. The van der Waals surface area contributed by atoms with Gasteiger partial charge in [0.2, 0.25) is 5.91 Å². The molecule has 0 saturated carbocycles. The summed E-state index contributed by atoms with van der Waals surface area (Å²) in [6.45, 7) is 2.48. The Balaban J connectivity index is 1.93. The first-order valence-corrected chi connectivity index (χ1v) is 9.32. The largest absolute Gasteiger partial charge is 0.310 e. The van der Waals surface area contributed by atoms with Crippen LogP contribution in [-0.2, 0) is 4.79 Å². The van der Waals surface area contributed by atoms with Gasteiger partial charge in [-0.25, -0.2) is 0 Å². The van der Waals surface area contributed by atoms with Crippen molar-refractivity contribution in [2.45, 2.75) is 24.5 Å². The Labute approximate surface area is 149 Å². The van der Waals surface area contributed by atoms with Gasteiger partial charge in [-0.3, -0.25) is 9.69 Å². The van der Waals surface area contributed by atoms with Crippen molar-refractivity contribution in [2.75, 3.05) is 12.3 Å². The molecular formula is C14H15N3OS4. The summed E-state index contributed by atoms with van der Waals surface area (Å²) in [6.07, 6.45) is 4.43. The minimum atomic E-state index is -0.731. The normalized spacial score (nSPS) is 17.1. The fourth-order valence-corrected chi connectivity index (χ4v) is 4.71. The number of nitrogens with zero attached hydrogens (tertiary/aromatic N) is 3. The number of hydrogen-bond acceptors (Lipinski definition) is 6. The van der Waals surface area contributed by atoms with Gasteiger partial charge in [0.25, 0.3) is 0 Å². The summed E-state index contributed by atoms with van der Waals surface area (Å²) >= 11 is 13.3. The van der Waals surface area contributed by atoms with Crippen LogP contribution >= 0.6 is 48.0 Å². The molecule has 0 spiro atoms. The molecule has 1 aromatic heterocycles. The van der Waals surface area contributed by atoms with Crippen LogP contribution in [0.5, 0.6) is 0 Å². The molecule has 1 aliphatic heterocycles. The van der Waals surface area contributed by atoms with Crippen LogP contribution in [0, 0.1) is 11.3 Å². The summed E-state index contributed by atoms with van der Waals surface area (Å²) in [4.78, 5) is 13.8. The maximum Gasteiger partial charge on any atom is 0.228 e. The first-order valence-electron chi connectivity index (χ1n) is 6.70. The first-order chi connectivity index (χ1) is 10.4. The highest BCUT2D eigenvalue weighted by Crippen LogP contribution is 2.32. The number of amides is 1. The predicted octanol–water partition coefficient (Wildman–Crippen LogP) is 3.28. The average Bonchev–Trinajstić information content (AvgIpc) is 3.16. The molecule has 1 fully saturated rings. The number of rotatable bonds is 4. The van der Waals surface area contributed by atoms with E-state index in [4.69, 9.17) is 24.4 Å². The van der Waals surface area contributed by atoms with Crippen LogP contribution in [0.25, 0.3) is 0 Å². The molecule has 1 saturated heterocycles. The van der Waals surface area contributed by atoms with Crippen molar-refractivity contribution in [1.82, 2.24) is 9.47 Å². The van der Waals surface area contributed by atoms with E-state index in [1.54, 1.807) is 9.47 Å². The highest BCUT2D eigenvalue weighted by atomic mass is 32.2. The predicted molar refractivity (Wildman–Crippen MR) is 100 cm³/mol. The molecule has 0 aromatic carbocycles. The lowest BCUT2D eigenvalue weighted by molar-refractivity contribution is -0.127. The van der Waals surface area contributed by atoms with Crippen LogP contribution in [0.15, 0.2) is 24.5 Å². The summed E-state index contributed by atoms with van der Waals surface area (Å²) < 4.78 is 2.31. The molecule has 0 bridgehead atoms. The summed E-state index contributed by atoms with van der Waals surface area (Å²) in [5.41, 5.74) is 0. The zero-order chi connectivity index (χ0) is 16.2. The molecule has 4 nitrogen and oxygen atoms in total. The molecule has 8 heteroatoms. The quantitative estimate of drug-likeness (QED) is 0.759. The Kier molecular flexibility index (Phi) is 6.03. The summed E-state index contributed by atoms with van der Waals surface area (Å²) in [6, 6.07) is 6.04. The van der Waals surface area contributed by atoms with Gasteiger partial charge >= 0.3 is 0 Å². The van der Waals surface area contributed by atoms with Crippen molar-refractivity contribution in [3.8, 4) is 6.07 Å². The lowest BCUT2D eigenvalue weighted by atomic mass is 10.1. The Morgan fingerprint density at radius 2 is 2.23 bits per heavy atom. The number of thiocarbonyl (C=S) groups is 2. The van der Waals surface area contributed by atoms with Crippen LogP contribution in [0.4, 0.5) is 0 Å². The zero-order valence-electron chi connectivity index (χ0n) is 12.0. The third kappa shape index (κ3) is 4.32. The molecule has 2 heterocycles. The second-order valence-corrected chi connectivity index (χ2v) is 8.83. The molecule has 1 aliphatic rings. The number of carbonyl (C=O) groups is 1. The minimum absolute atomic E-state index is 0.0102. The number of carbonyl (C=O) groups excluding carboxylic acids is 1. The van der Waals surface area contributed by atoms with E-state index in [-0.39, 0.29) is 5.91 Å². The van der Waals surface area contributed by atoms with Gasteiger partial charge in [-0.05, 0) is 25.5 Å². The van der Waals surface area contributed by atoms with E-state index >= 15 is 0 Å². The topological polar surface area (TPSA) is 49.0 Å². The number of thioether (sulfide) groups is 2. The molecule has 1 amide bonds. The zero-order valence-corrected chi connectivity index (χ0v) is 15.3. The average molecular weight is 370 g/mol. The van der Waals surface area contributed by atoms with E-state index in [2.05, 4.69) is 6.07 Å². The van der Waals surface area contributed by atoms with E-state index in [1.165, 1.54) is 23.5 Å². The Hall–Kier alpha value is -0.880. The fraction of sp³-hybridized carbons (Fsp3) is 0.429. The van der Waals surface area contributed by atoms with Gasteiger partial charge in [-0.1, -0.05) is 48.0 Å². The highest BCUT2D eigenvalue weighted by Gasteiger charge is 2.31. The molecule has 1 aromatic rings. The van der Waals surface area contributed by atoms with E-state index in [1.807, 2.05) is 31.5 Å². The van der Waals surface area contributed by atoms with E-state index in [0.717, 1.165) is 5.75 Å². The number of hydrogen-bond donors (Lipinski definition) is 0. The fourth-order valence-electron chi connectivity index (χ4n) is 1.93. The van der Waals surface area contributed by atoms with Crippen molar-refractivity contribution in [2.24, 2.45) is 0 Å². The van der Waals surface area contributed by atoms with Crippen molar-refractivity contribution < 1.29 is 4.79 Å². The molecule has 1 unspecified atom stereocenters. The van der Waals surface area contributed by atoms with E-state index in [9.17, 15) is 10.1 Å². The van der Waals surface area contributed by atoms with Crippen LogP contribution in [0.1, 0.15) is 19.8 Å². The van der Waals surface area contributed by atoms with Gasteiger partial charge in [0, 0.05) is 31.1 Å².